The first kappa shape index (κ1) is 68.4. The quantitative estimate of drug-likeness (QED) is 0.154. The molecule has 4 aromatic heterocycles. The number of fused-ring (bicyclic) bond motifs is 17. The van der Waals surface area contributed by atoms with Crippen LogP contribution >= 0.6 is 0 Å². The molecule has 23 rings (SSSR count). The highest BCUT2D eigenvalue weighted by atomic mass is 16.5. The summed E-state index contributed by atoms with van der Waals surface area (Å²) in [5.74, 6) is 1.73. The van der Waals surface area contributed by atoms with Gasteiger partial charge in [-0.1, -0.05) is 240 Å². The Hall–Kier alpha value is -14.6. The van der Waals surface area contributed by atoms with E-state index in [1.165, 1.54) is 56.1 Å². The van der Waals surface area contributed by atoms with Crippen molar-refractivity contribution < 1.29 is 4.74 Å². The molecule has 0 atom stereocenters. The van der Waals surface area contributed by atoms with Gasteiger partial charge in [0.2, 0.25) is 0 Å². The number of hydrogen-bond donors (Lipinski definition) is 0. The molecule has 0 saturated heterocycles. The van der Waals surface area contributed by atoms with Crippen LogP contribution in [0.1, 0.15) is 57.2 Å². The number of aromatic nitrogens is 4. The fourth-order valence-corrected chi connectivity index (χ4v) is 18.7. The average molecular weight is 1490 g/mol. The molecular weight excluding hydrogens is 1410 g/mol. The van der Waals surface area contributed by atoms with Gasteiger partial charge in [0.05, 0.1) is 50.3 Å². The predicted molar refractivity (Wildman–Crippen MR) is 475 cm³/mol. The van der Waals surface area contributed by atoms with Crippen molar-refractivity contribution in [3.8, 4) is 45.4 Å². The maximum atomic E-state index is 13.9. The summed E-state index contributed by atoms with van der Waals surface area (Å²) in [4.78, 5) is 46.0. The lowest BCUT2D eigenvalue weighted by atomic mass is 9.71. The molecule has 7 heterocycles. The third-order valence-corrected chi connectivity index (χ3v) is 24.2. The lowest BCUT2D eigenvalue weighted by Gasteiger charge is -2.44. The second-order valence-corrected chi connectivity index (χ2v) is 31.3. The van der Waals surface area contributed by atoms with E-state index in [9.17, 15) is 14.4 Å². The van der Waals surface area contributed by atoms with Gasteiger partial charge >= 0.3 is 0 Å². The maximum absolute atomic E-state index is 13.9. The number of anilines is 5. The van der Waals surface area contributed by atoms with Crippen molar-refractivity contribution in [3.05, 3.63) is 423 Å². The number of para-hydroxylation sites is 9. The Labute approximate surface area is 663 Å². The lowest BCUT2D eigenvalue weighted by Crippen LogP contribution is -2.35. The summed E-state index contributed by atoms with van der Waals surface area (Å²) in [6.07, 6.45) is 6.66. The van der Waals surface area contributed by atoms with Crippen molar-refractivity contribution in [1.29, 1.82) is 0 Å². The van der Waals surface area contributed by atoms with Crippen LogP contribution in [0.25, 0.3) is 121 Å². The lowest BCUT2D eigenvalue weighted by molar-refractivity contribution is 0.476. The fraction of sp³-hybridized carbons (Fsp3) is 0.0762. The first-order valence-corrected chi connectivity index (χ1v) is 39.4. The topological polar surface area (TPSA) is 86.6 Å². The van der Waals surface area contributed by atoms with E-state index in [2.05, 4.69) is 254 Å². The smallest absolute Gasteiger partial charge is 0.263 e. The minimum atomic E-state index is -0.195. The van der Waals surface area contributed by atoms with E-state index in [-0.39, 0.29) is 27.5 Å². The van der Waals surface area contributed by atoms with Crippen molar-refractivity contribution >= 4 is 115 Å². The first-order valence-electron chi connectivity index (χ1n) is 39.4. The zero-order chi connectivity index (χ0) is 77.4. The molecule has 19 aromatic rings. The van der Waals surface area contributed by atoms with Gasteiger partial charge in [-0.15, -0.1) is 0 Å². The summed E-state index contributed by atoms with van der Waals surface area (Å²) in [5, 5.41) is 10.7. The molecule has 10 nitrogen and oxygen atoms in total. The number of hydrogen-bond acceptors (Lipinski definition) is 6. The molecule has 0 amide bonds. The second kappa shape index (κ2) is 26.8. The summed E-state index contributed by atoms with van der Waals surface area (Å²) in [5.41, 5.74) is 22.9. The number of allylic oxidation sites excluding steroid dienone is 4. The third kappa shape index (κ3) is 10.8. The van der Waals surface area contributed by atoms with Gasteiger partial charge in [0.15, 0.2) is 11.5 Å². The van der Waals surface area contributed by atoms with E-state index in [0.29, 0.717) is 5.39 Å². The molecule has 115 heavy (non-hydrogen) atoms. The molecule has 0 bridgehead atoms. The zero-order valence-corrected chi connectivity index (χ0v) is 63.9. The molecule has 4 aliphatic rings. The van der Waals surface area contributed by atoms with E-state index >= 15 is 0 Å². The van der Waals surface area contributed by atoms with Gasteiger partial charge in [0, 0.05) is 88.1 Å². The largest absolute Gasteiger partial charge is 0.453 e. The van der Waals surface area contributed by atoms with Crippen LogP contribution < -0.4 is 31.2 Å². The number of rotatable bonds is 6. The van der Waals surface area contributed by atoms with Crippen LogP contribution in [-0.2, 0) is 10.8 Å². The molecule has 3 aliphatic heterocycles. The van der Waals surface area contributed by atoms with Crippen molar-refractivity contribution in [2.24, 2.45) is 0 Å². The highest BCUT2D eigenvalue weighted by molar-refractivity contribution is 6.14. The molecular formula is C105H76N6O4. The van der Waals surface area contributed by atoms with Crippen LogP contribution in [-0.4, -0.2) is 18.3 Å². The summed E-state index contributed by atoms with van der Waals surface area (Å²) >= 11 is 0. The van der Waals surface area contributed by atoms with Gasteiger partial charge < -0.3 is 19.1 Å². The van der Waals surface area contributed by atoms with Crippen LogP contribution in [0.2, 0.25) is 0 Å². The Bertz CT molecular complexity index is 7480. The Morgan fingerprint density at radius 3 is 1.26 bits per heavy atom. The van der Waals surface area contributed by atoms with Crippen molar-refractivity contribution in [2.75, 3.05) is 9.80 Å². The van der Waals surface area contributed by atoms with E-state index in [0.717, 1.165) is 140 Å². The van der Waals surface area contributed by atoms with Gasteiger partial charge in [0.1, 0.15) is 0 Å². The number of pyridine rings is 3. The highest BCUT2D eigenvalue weighted by Gasteiger charge is 2.40. The minimum absolute atomic E-state index is 0.00235. The molecule has 550 valence electrons. The average Bonchev–Trinajstić information content (AvgIpc) is 1.71. The van der Waals surface area contributed by atoms with Crippen molar-refractivity contribution in [1.82, 2.24) is 18.3 Å². The first-order chi connectivity index (χ1) is 56.4. The number of benzene rings is 15. The van der Waals surface area contributed by atoms with Gasteiger partial charge in [-0.2, -0.15) is 0 Å². The zero-order valence-electron chi connectivity index (χ0n) is 63.9. The SMILES string of the molecule is CC1(C)C2=C(CCC=C2)N(c2ccccc2)c2ccc(-n3c(=O)c4ccccc4c4ccccc43)cc21.CC1(C)c2ccccc2N(c2ccc(-n3c(=O)c4ccccc4c4ccccc43)cc2)c2ccccc21.O=c1c2ccccc2c2cc(-c3ccc4c(c3)c3cccc5c3n4-c3ccccc3O5)ccc2n1-c1ccccc1. The van der Waals surface area contributed by atoms with Gasteiger partial charge in [-0.05, 0) is 214 Å². The van der Waals surface area contributed by atoms with Gasteiger partial charge in [-0.3, -0.25) is 28.1 Å². The summed E-state index contributed by atoms with van der Waals surface area (Å²) < 4.78 is 14.2. The monoisotopic (exact) mass is 1480 g/mol. The standard InChI is InChI=1S/C37H22N2O2.C34H26N2O.C34H28N2O/c40-37-28-12-5-4-11-26(28)29-21-23(17-19-31(29)38(37)25-9-2-1-3-10-25)24-18-20-32-30(22-24)27-13-8-16-35-36(27)39(32)33-14-6-7-15-34(33)41-35;1-34(2)28-14-6-9-17-31(28)35(32-18-10-7-15-29(32)34)23-19-21-24(22-20-23)36-30-16-8-5-12-26(30)25-11-3-4-13-27(25)33(36)37;1-34(2)28-17-9-11-19-31(28)35(23-12-4-3-5-13-23)32-21-20-24(22-29(32)34)36-30-18-10-8-15-26(30)25-14-6-7-16-27(25)33(36)37/h1-22H;3-22H,1-2H3;3-10,12-18,20-22H,11,19H2,1-2H3. The van der Waals surface area contributed by atoms with E-state index in [4.69, 9.17) is 4.74 Å². The maximum Gasteiger partial charge on any atom is 0.263 e. The third-order valence-electron chi connectivity index (χ3n) is 24.2. The van der Waals surface area contributed by atoms with E-state index in [1.807, 2.05) is 165 Å². The van der Waals surface area contributed by atoms with Crippen LogP contribution in [0.15, 0.2) is 390 Å². The number of ether oxygens (including phenoxy) is 1. The Morgan fingerprint density at radius 1 is 0.278 bits per heavy atom. The van der Waals surface area contributed by atoms with Crippen LogP contribution in [0.5, 0.6) is 11.5 Å². The Morgan fingerprint density at radius 2 is 0.678 bits per heavy atom. The molecule has 0 N–H and O–H groups in total. The van der Waals surface area contributed by atoms with Crippen LogP contribution in [0, 0.1) is 0 Å². The highest BCUT2D eigenvalue weighted by Crippen LogP contribution is 2.54. The van der Waals surface area contributed by atoms with Crippen molar-refractivity contribution in [3.63, 3.8) is 0 Å². The van der Waals surface area contributed by atoms with Crippen molar-refractivity contribution in [2.45, 2.75) is 51.4 Å². The minimum Gasteiger partial charge on any atom is -0.453 e. The second-order valence-electron chi connectivity index (χ2n) is 31.3. The molecule has 1 aliphatic carbocycles. The fourth-order valence-electron chi connectivity index (χ4n) is 18.7. The Balaban J connectivity index is 0.000000108. The molecule has 0 fully saturated rings. The molecule has 15 aromatic carbocycles. The van der Waals surface area contributed by atoms with Gasteiger partial charge in [-0.25, -0.2) is 0 Å². The number of nitrogens with zero attached hydrogens (tertiary/aromatic N) is 6. The molecule has 0 saturated carbocycles. The summed E-state index contributed by atoms with van der Waals surface area (Å²) in [6, 6.07) is 120. The summed E-state index contributed by atoms with van der Waals surface area (Å²) in [6.45, 7) is 9.21. The van der Waals surface area contributed by atoms with E-state index in [1.54, 1.807) is 0 Å². The van der Waals surface area contributed by atoms with E-state index < -0.39 is 0 Å². The Kier molecular flexibility index (Phi) is 16.0. The van der Waals surface area contributed by atoms with Crippen LogP contribution in [0.3, 0.4) is 0 Å². The molecule has 0 unspecified atom stereocenters. The summed E-state index contributed by atoms with van der Waals surface area (Å²) in [7, 11) is 0. The predicted octanol–water partition coefficient (Wildman–Crippen LogP) is 25.4. The molecule has 0 spiro atoms. The van der Waals surface area contributed by atoms with Crippen LogP contribution in [0.4, 0.5) is 28.4 Å². The normalized spacial score (nSPS) is 14.1. The molecule has 0 radical (unpaired) electrons. The van der Waals surface area contributed by atoms with Gasteiger partial charge in [0.25, 0.3) is 16.7 Å². The molecule has 10 heteroatoms.